The molecule has 4 heterocycles. The van der Waals surface area contributed by atoms with Gasteiger partial charge in [-0.05, 0) is 66.7 Å². The maximum atomic E-state index is 12.9. The molecule has 9 nitrogen and oxygen atoms in total. The molecule has 0 saturated carbocycles. The zero-order valence-electron chi connectivity index (χ0n) is 28.2. The van der Waals surface area contributed by atoms with E-state index < -0.39 is 18.2 Å². The first-order valence-corrected chi connectivity index (χ1v) is 18.7. The van der Waals surface area contributed by atoms with E-state index in [1.807, 2.05) is 48.5 Å². The average Bonchev–Trinajstić information content (AvgIpc) is 3.67. The van der Waals surface area contributed by atoms with Crippen LogP contribution in [-0.2, 0) is 9.47 Å². The summed E-state index contributed by atoms with van der Waals surface area (Å²) in [6.07, 6.45) is 2.14. The van der Waals surface area contributed by atoms with Gasteiger partial charge in [-0.1, -0.05) is 93.9 Å². The fourth-order valence-electron chi connectivity index (χ4n) is 5.94. The van der Waals surface area contributed by atoms with Crippen LogP contribution in [0.25, 0.3) is 0 Å². The van der Waals surface area contributed by atoms with Gasteiger partial charge in [0.1, 0.15) is 23.0 Å². The molecule has 2 aromatic heterocycles. The van der Waals surface area contributed by atoms with E-state index in [4.69, 9.17) is 25.8 Å². The van der Waals surface area contributed by atoms with Gasteiger partial charge in [0.15, 0.2) is 11.6 Å². The summed E-state index contributed by atoms with van der Waals surface area (Å²) < 4.78 is 17.4. The molecule has 2 aliphatic rings. The monoisotopic (exact) mass is 818 g/mol. The summed E-state index contributed by atoms with van der Waals surface area (Å²) in [4.78, 5) is 59.1. The highest BCUT2D eigenvalue weighted by Crippen LogP contribution is 2.38. The molecular formula is C42H28BrClN2O7S. The number of fused-ring (bicyclic) bond motifs is 2. The molecule has 8 rings (SSSR count). The third kappa shape index (κ3) is 8.28. The molecule has 4 aromatic carbocycles. The van der Waals surface area contributed by atoms with E-state index in [1.54, 1.807) is 85.2 Å². The summed E-state index contributed by atoms with van der Waals surface area (Å²) >= 11 is 11.0. The van der Waals surface area contributed by atoms with Gasteiger partial charge in [0.25, 0.3) is 0 Å². The Kier molecular flexibility index (Phi) is 11.3. The van der Waals surface area contributed by atoms with Crippen molar-refractivity contribution < 1.29 is 33.4 Å². The molecule has 0 amide bonds. The van der Waals surface area contributed by atoms with E-state index >= 15 is 0 Å². The lowest BCUT2D eigenvalue weighted by Gasteiger charge is -2.12. The molecule has 6 aromatic rings. The Morgan fingerprint density at radius 1 is 0.685 bits per heavy atom. The largest absolute Gasteiger partial charge is 0.453 e. The van der Waals surface area contributed by atoms with Gasteiger partial charge < -0.3 is 14.2 Å². The van der Waals surface area contributed by atoms with Crippen LogP contribution in [0.4, 0.5) is 0 Å². The number of ether oxygens (including phenoxy) is 3. The number of aromatic nitrogens is 2. The van der Waals surface area contributed by atoms with Crippen LogP contribution in [-0.4, -0.2) is 33.5 Å². The van der Waals surface area contributed by atoms with Crippen LogP contribution in [0.2, 0.25) is 5.02 Å². The Balaban J connectivity index is 0.000000167. The van der Waals surface area contributed by atoms with Crippen molar-refractivity contribution in [3.63, 3.8) is 0 Å². The van der Waals surface area contributed by atoms with Crippen LogP contribution in [0, 0.1) is 0 Å². The topological polar surface area (TPSA) is 122 Å². The van der Waals surface area contributed by atoms with Crippen molar-refractivity contribution in [1.29, 1.82) is 0 Å². The highest BCUT2D eigenvalue weighted by Gasteiger charge is 2.34. The summed E-state index contributed by atoms with van der Waals surface area (Å²) in [6, 6.07) is 35.7. The summed E-state index contributed by atoms with van der Waals surface area (Å²) in [6.45, 7) is 0. The second-order valence-electron chi connectivity index (χ2n) is 12.0. The summed E-state index contributed by atoms with van der Waals surface area (Å²) in [5.41, 5.74) is 3.34. The van der Waals surface area contributed by atoms with E-state index in [2.05, 4.69) is 25.9 Å². The van der Waals surface area contributed by atoms with Crippen molar-refractivity contribution in [3.8, 4) is 11.6 Å². The maximum Gasteiger partial charge on any atom is 0.339 e. The third-order valence-electron chi connectivity index (χ3n) is 8.49. The van der Waals surface area contributed by atoms with E-state index in [-0.39, 0.29) is 36.3 Å². The Morgan fingerprint density at radius 3 is 1.91 bits per heavy atom. The van der Waals surface area contributed by atoms with Gasteiger partial charge in [-0.2, -0.15) is 0 Å². The van der Waals surface area contributed by atoms with Gasteiger partial charge in [-0.25, -0.2) is 19.6 Å². The third-order valence-corrected chi connectivity index (χ3v) is 10.5. The van der Waals surface area contributed by atoms with Gasteiger partial charge in [0.05, 0.1) is 40.1 Å². The van der Waals surface area contributed by atoms with Crippen molar-refractivity contribution in [2.75, 3.05) is 0 Å². The van der Waals surface area contributed by atoms with Crippen molar-refractivity contribution in [2.45, 2.75) is 35.0 Å². The maximum absolute atomic E-state index is 12.9. The lowest BCUT2D eigenvalue weighted by molar-refractivity contribution is 0.0353. The highest BCUT2D eigenvalue weighted by molar-refractivity contribution is 9.10. The first-order valence-electron chi connectivity index (χ1n) is 16.7. The Labute approximate surface area is 327 Å². The summed E-state index contributed by atoms with van der Waals surface area (Å²) in [5.74, 6) is -0.344. The van der Waals surface area contributed by atoms with Crippen molar-refractivity contribution in [3.05, 3.63) is 177 Å². The second kappa shape index (κ2) is 16.6. The van der Waals surface area contributed by atoms with Crippen LogP contribution in [0.5, 0.6) is 11.6 Å². The van der Waals surface area contributed by atoms with Crippen molar-refractivity contribution in [2.24, 2.45) is 0 Å². The molecule has 0 radical (unpaired) electrons. The molecule has 0 N–H and O–H groups in total. The normalized spacial score (nSPS) is 15.2. The van der Waals surface area contributed by atoms with Crippen LogP contribution in [0.1, 0.15) is 77.6 Å². The number of cyclic esters (lactones) is 2. The van der Waals surface area contributed by atoms with E-state index in [1.165, 1.54) is 11.8 Å². The minimum absolute atomic E-state index is 0.0310. The van der Waals surface area contributed by atoms with E-state index in [0.717, 1.165) is 20.5 Å². The van der Waals surface area contributed by atoms with Crippen LogP contribution in [0.15, 0.2) is 148 Å². The van der Waals surface area contributed by atoms with Crippen LogP contribution in [0.3, 0.4) is 0 Å². The highest BCUT2D eigenvalue weighted by atomic mass is 79.9. The smallest absolute Gasteiger partial charge is 0.339 e. The molecule has 2 unspecified atom stereocenters. The van der Waals surface area contributed by atoms with Crippen molar-refractivity contribution in [1.82, 2.24) is 9.97 Å². The number of carbonyl (C=O) groups is 4. The number of ketones is 2. The molecule has 0 saturated heterocycles. The zero-order chi connectivity index (χ0) is 37.6. The second-order valence-corrected chi connectivity index (χ2v) is 14.4. The van der Waals surface area contributed by atoms with Gasteiger partial charge in [-0.3, -0.25) is 9.59 Å². The van der Waals surface area contributed by atoms with Gasteiger partial charge in [0, 0.05) is 32.9 Å². The SMILES string of the molecule is O=C1OC(CC(=O)c2cccnc2Oc2cccc(Br)c2)c2ccccc21.O=C1OC(CC(=O)c2cccnc2Sc2ccccc2Cl)c2ccccc21. The number of esters is 2. The number of nitrogens with zero attached hydrogens (tertiary/aromatic N) is 2. The summed E-state index contributed by atoms with van der Waals surface area (Å²) in [7, 11) is 0. The number of hydrogen-bond donors (Lipinski definition) is 0. The number of carbonyl (C=O) groups excluding carboxylic acids is 4. The summed E-state index contributed by atoms with van der Waals surface area (Å²) in [5, 5.41) is 1.18. The van der Waals surface area contributed by atoms with Crippen molar-refractivity contribution >= 4 is 62.8 Å². The number of hydrogen-bond acceptors (Lipinski definition) is 10. The number of pyridine rings is 2. The molecule has 2 aliphatic heterocycles. The lowest BCUT2D eigenvalue weighted by Crippen LogP contribution is -2.09. The molecule has 0 aliphatic carbocycles. The first kappa shape index (κ1) is 36.7. The standard InChI is InChI=1S/C21H14BrNO4.C21H14ClNO3S/c22-13-5-3-6-14(11-13)26-20-17(9-4-10-23-20)18(24)12-19-15-7-1-2-8-16(15)21(25)27-19;22-16-9-3-4-10-19(16)27-20-15(8-5-11-23-20)17(24)12-18-13-6-1-2-7-14(13)21(25)26-18/h1-11,19H,12H2;1-11,18H,12H2. The molecule has 0 fully saturated rings. The Bertz CT molecular complexity index is 2410. The van der Waals surface area contributed by atoms with E-state index in [0.29, 0.717) is 38.1 Å². The zero-order valence-corrected chi connectivity index (χ0v) is 31.3. The molecule has 268 valence electrons. The average molecular weight is 820 g/mol. The first-order chi connectivity index (χ1) is 26.2. The molecule has 0 spiro atoms. The molecular weight excluding hydrogens is 792 g/mol. The van der Waals surface area contributed by atoms with Gasteiger partial charge in [-0.15, -0.1) is 0 Å². The van der Waals surface area contributed by atoms with Gasteiger partial charge >= 0.3 is 11.9 Å². The number of benzene rings is 4. The molecule has 54 heavy (non-hydrogen) atoms. The fraction of sp³-hybridized carbons (Fsp3) is 0.0952. The molecule has 0 bridgehead atoms. The number of rotatable bonds is 10. The predicted octanol–water partition coefficient (Wildman–Crippen LogP) is 10.5. The minimum Gasteiger partial charge on any atom is -0.453 e. The molecule has 12 heteroatoms. The molecule has 2 atom stereocenters. The number of Topliss-reactive ketones (excluding diaryl/α,β-unsaturated/α-hetero) is 2. The quantitative estimate of drug-likeness (QED) is 0.0975. The van der Waals surface area contributed by atoms with E-state index in [9.17, 15) is 19.2 Å². The fourth-order valence-corrected chi connectivity index (χ4v) is 7.50. The number of halogens is 2. The Hall–Kier alpha value is -5.62. The minimum atomic E-state index is -0.597. The lowest BCUT2D eigenvalue weighted by atomic mass is 9.99. The Morgan fingerprint density at radius 2 is 1.26 bits per heavy atom. The predicted molar refractivity (Wildman–Crippen MR) is 205 cm³/mol. The van der Waals surface area contributed by atoms with Crippen LogP contribution >= 0.6 is 39.3 Å². The van der Waals surface area contributed by atoms with Gasteiger partial charge in [0.2, 0.25) is 5.88 Å². The van der Waals surface area contributed by atoms with Crippen LogP contribution < -0.4 is 4.74 Å².